The molecule has 0 saturated heterocycles. The van der Waals surface area contributed by atoms with Gasteiger partial charge in [-0.15, -0.1) is 0 Å². The minimum absolute atomic E-state index is 0.0377. The number of carbonyl (C=O) groups is 2. The van der Waals surface area contributed by atoms with Crippen molar-refractivity contribution in [1.82, 2.24) is 15.2 Å². The second-order valence-electron chi connectivity index (χ2n) is 7.85. The molecule has 0 spiro atoms. The maximum absolute atomic E-state index is 13.6. The smallest absolute Gasteiger partial charge is 0.412 e. The SMILES string of the molecule is CN(C(=O)NCc1cccc(F)c1Cl)[C@@H](COC(=O)Nc1cc2ccccc2cn1)C[C@@H](O)CO. The molecule has 3 aromatic rings. The third-order valence-electron chi connectivity index (χ3n) is 5.35. The number of aliphatic hydroxyl groups excluding tert-OH is 2. The van der Waals surface area contributed by atoms with Crippen LogP contribution in [0, 0.1) is 5.82 Å². The summed E-state index contributed by atoms with van der Waals surface area (Å²) in [4.78, 5) is 30.4. The van der Waals surface area contributed by atoms with Crippen LogP contribution in [0.4, 0.5) is 19.8 Å². The number of nitrogens with zero attached hydrogens (tertiary/aromatic N) is 2. The first-order valence-electron chi connectivity index (χ1n) is 10.8. The van der Waals surface area contributed by atoms with Gasteiger partial charge in [-0.05, 0) is 29.5 Å². The van der Waals surface area contributed by atoms with Gasteiger partial charge in [0.1, 0.15) is 18.2 Å². The number of nitrogens with one attached hydrogen (secondary N) is 2. The monoisotopic (exact) mass is 504 g/mol. The average molecular weight is 505 g/mol. The summed E-state index contributed by atoms with van der Waals surface area (Å²) in [6, 6.07) is 12.1. The molecule has 1 aromatic heterocycles. The molecular weight excluding hydrogens is 479 g/mol. The zero-order valence-corrected chi connectivity index (χ0v) is 19.7. The van der Waals surface area contributed by atoms with E-state index < -0.39 is 36.7 Å². The normalized spacial score (nSPS) is 12.6. The molecule has 0 fully saturated rings. The molecule has 0 bridgehead atoms. The van der Waals surface area contributed by atoms with Crippen molar-refractivity contribution in [3.05, 3.63) is 71.1 Å². The van der Waals surface area contributed by atoms with Gasteiger partial charge in [0, 0.05) is 25.2 Å². The summed E-state index contributed by atoms with van der Waals surface area (Å²) in [6.45, 7) is -0.830. The van der Waals surface area contributed by atoms with Gasteiger partial charge < -0.3 is 25.2 Å². The molecule has 0 aliphatic rings. The van der Waals surface area contributed by atoms with Crippen molar-refractivity contribution >= 4 is 40.3 Å². The van der Waals surface area contributed by atoms with Crippen LogP contribution in [0.15, 0.2) is 54.7 Å². The van der Waals surface area contributed by atoms with Crippen molar-refractivity contribution < 1.29 is 28.9 Å². The van der Waals surface area contributed by atoms with Crippen LogP contribution in [0.25, 0.3) is 10.8 Å². The molecule has 1 heterocycles. The standard InChI is InChI=1S/C24H26ClFN4O5/c1-30(23(33)28-12-17-7-4-8-20(26)22(17)25)18(10-19(32)13-31)14-35-24(34)29-21-9-15-5-2-3-6-16(15)11-27-21/h2-9,11,18-19,31-32H,10,12-14H2,1H3,(H,28,33)(H,27,29,34)/t18-,19-/m1/s1. The molecule has 11 heteroatoms. The Hall–Kier alpha value is -3.47. The Bertz CT molecular complexity index is 1180. The number of carbonyl (C=O) groups excluding carboxylic acids is 2. The Balaban J connectivity index is 1.59. The van der Waals surface area contributed by atoms with Crippen LogP contribution < -0.4 is 10.6 Å². The third kappa shape index (κ3) is 7.25. The highest BCUT2D eigenvalue weighted by atomic mass is 35.5. The van der Waals surface area contributed by atoms with Crippen molar-refractivity contribution in [1.29, 1.82) is 0 Å². The van der Waals surface area contributed by atoms with Gasteiger partial charge in [-0.3, -0.25) is 5.32 Å². The van der Waals surface area contributed by atoms with E-state index >= 15 is 0 Å². The van der Waals surface area contributed by atoms with E-state index in [1.807, 2.05) is 24.3 Å². The first-order chi connectivity index (χ1) is 16.8. The van der Waals surface area contributed by atoms with Crippen LogP contribution in [0.5, 0.6) is 0 Å². The van der Waals surface area contributed by atoms with E-state index in [-0.39, 0.29) is 24.6 Å². The fourth-order valence-electron chi connectivity index (χ4n) is 3.34. The number of pyridine rings is 1. The topological polar surface area (TPSA) is 124 Å². The van der Waals surface area contributed by atoms with Crippen LogP contribution in [0.2, 0.25) is 5.02 Å². The quantitative estimate of drug-likeness (QED) is 0.353. The summed E-state index contributed by atoms with van der Waals surface area (Å²) < 4.78 is 18.9. The van der Waals surface area contributed by atoms with Gasteiger partial charge in [0.2, 0.25) is 0 Å². The number of benzene rings is 2. The van der Waals surface area contributed by atoms with Gasteiger partial charge in [0.25, 0.3) is 0 Å². The Kier molecular flexibility index (Phi) is 9.18. The van der Waals surface area contributed by atoms with Crippen LogP contribution in [-0.2, 0) is 11.3 Å². The van der Waals surface area contributed by atoms with E-state index in [1.54, 1.807) is 18.3 Å². The van der Waals surface area contributed by atoms with E-state index in [1.165, 1.54) is 24.1 Å². The maximum Gasteiger partial charge on any atom is 0.412 e. The number of urea groups is 1. The highest BCUT2D eigenvalue weighted by Gasteiger charge is 2.25. The van der Waals surface area contributed by atoms with Crippen molar-refractivity contribution in [2.45, 2.75) is 25.1 Å². The number of likely N-dealkylation sites (N-methyl/N-ethyl adjacent to an activating group) is 1. The van der Waals surface area contributed by atoms with Gasteiger partial charge in [-0.25, -0.2) is 19.0 Å². The summed E-state index contributed by atoms with van der Waals surface area (Å²) in [5, 5.41) is 26.0. The number of halogens is 2. The molecule has 0 radical (unpaired) electrons. The molecule has 3 amide bonds. The zero-order chi connectivity index (χ0) is 25.4. The summed E-state index contributed by atoms with van der Waals surface area (Å²) in [6.07, 6.45) is -0.366. The number of anilines is 1. The number of ether oxygens (including phenoxy) is 1. The summed E-state index contributed by atoms with van der Waals surface area (Å²) in [5.74, 6) is -0.310. The van der Waals surface area contributed by atoms with Gasteiger partial charge >= 0.3 is 12.1 Å². The van der Waals surface area contributed by atoms with Crippen LogP contribution in [0.1, 0.15) is 12.0 Å². The minimum Gasteiger partial charge on any atom is -0.447 e. The lowest BCUT2D eigenvalue weighted by Gasteiger charge is -2.29. The molecule has 4 N–H and O–H groups in total. The average Bonchev–Trinajstić information content (AvgIpc) is 2.86. The molecule has 0 saturated carbocycles. The maximum atomic E-state index is 13.6. The van der Waals surface area contributed by atoms with Crippen molar-refractivity contribution in [2.24, 2.45) is 0 Å². The number of amides is 3. The Morgan fingerprint density at radius 1 is 1.20 bits per heavy atom. The number of aromatic nitrogens is 1. The highest BCUT2D eigenvalue weighted by Crippen LogP contribution is 2.20. The molecule has 186 valence electrons. The first kappa shape index (κ1) is 26.1. The minimum atomic E-state index is -1.14. The molecule has 2 aromatic carbocycles. The lowest BCUT2D eigenvalue weighted by Crippen LogP contribution is -2.47. The molecule has 2 atom stereocenters. The first-order valence-corrected chi connectivity index (χ1v) is 11.2. The molecular formula is C24H26ClFN4O5. The fraction of sp³-hybridized carbons (Fsp3) is 0.292. The van der Waals surface area contributed by atoms with Crippen LogP contribution >= 0.6 is 11.6 Å². The molecule has 0 aliphatic heterocycles. The largest absolute Gasteiger partial charge is 0.447 e. The van der Waals surface area contributed by atoms with Gasteiger partial charge in [-0.1, -0.05) is 48.0 Å². The second-order valence-corrected chi connectivity index (χ2v) is 8.23. The number of rotatable bonds is 9. The van der Waals surface area contributed by atoms with Crippen LogP contribution in [0.3, 0.4) is 0 Å². The van der Waals surface area contributed by atoms with Gasteiger partial charge in [-0.2, -0.15) is 0 Å². The third-order valence-corrected chi connectivity index (χ3v) is 5.78. The van der Waals surface area contributed by atoms with E-state index in [0.717, 1.165) is 10.8 Å². The van der Waals surface area contributed by atoms with Crippen molar-refractivity contribution in [2.75, 3.05) is 25.6 Å². The van der Waals surface area contributed by atoms with Gasteiger partial charge in [0.15, 0.2) is 0 Å². The highest BCUT2D eigenvalue weighted by molar-refractivity contribution is 6.31. The Morgan fingerprint density at radius 2 is 1.94 bits per heavy atom. The van der Waals surface area contributed by atoms with Crippen molar-refractivity contribution in [3.63, 3.8) is 0 Å². The molecule has 3 rings (SSSR count). The van der Waals surface area contributed by atoms with E-state index in [4.69, 9.17) is 16.3 Å². The second kappa shape index (κ2) is 12.3. The summed E-state index contributed by atoms with van der Waals surface area (Å²) >= 11 is 5.92. The Labute approximate surface area is 206 Å². The lowest BCUT2D eigenvalue weighted by molar-refractivity contribution is 0.0480. The van der Waals surface area contributed by atoms with E-state index in [9.17, 15) is 24.2 Å². The molecule has 0 unspecified atom stereocenters. The summed E-state index contributed by atoms with van der Waals surface area (Å²) in [7, 11) is 1.45. The fourth-order valence-corrected chi connectivity index (χ4v) is 3.53. The number of hydrogen-bond acceptors (Lipinski definition) is 6. The number of aliphatic hydroxyl groups is 2. The molecule has 35 heavy (non-hydrogen) atoms. The number of fused-ring (bicyclic) bond motifs is 1. The summed E-state index contributed by atoms with van der Waals surface area (Å²) in [5.41, 5.74) is 0.388. The van der Waals surface area contributed by atoms with Crippen molar-refractivity contribution in [3.8, 4) is 0 Å². The van der Waals surface area contributed by atoms with Gasteiger partial charge in [0.05, 0.1) is 23.8 Å². The lowest BCUT2D eigenvalue weighted by atomic mass is 10.1. The number of hydrogen-bond donors (Lipinski definition) is 4. The van der Waals surface area contributed by atoms with E-state index in [0.29, 0.717) is 11.4 Å². The molecule has 9 nitrogen and oxygen atoms in total. The predicted molar refractivity (Wildman–Crippen MR) is 130 cm³/mol. The predicted octanol–water partition coefficient (Wildman–Crippen LogP) is 3.53. The van der Waals surface area contributed by atoms with Crippen LogP contribution in [-0.4, -0.2) is 64.6 Å². The van der Waals surface area contributed by atoms with E-state index in [2.05, 4.69) is 15.6 Å². The zero-order valence-electron chi connectivity index (χ0n) is 18.9. The molecule has 0 aliphatic carbocycles. The Morgan fingerprint density at radius 3 is 2.69 bits per heavy atom.